The molecule has 0 bridgehead atoms. The Kier molecular flexibility index (Phi) is 7.03. The van der Waals surface area contributed by atoms with Crippen LogP contribution in [-0.2, 0) is 11.3 Å². The van der Waals surface area contributed by atoms with E-state index < -0.39 is 23.4 Å². The third kappa shape index (κ3) is 5.78. The minimum Gasteiger partial charge on any atom is -0.325 e. The molecule has 0 aliphatic carbocycles. The molecule has 2 amide bonds. The van der Waals surface area contributed by atoms with Gasteiger partial charge in [0, 0.05) is 33.4 Å². The van der Waals surface area contributed by atoms with Gasteiger partial charge in [-0.3, -0.25) is 9.59 Å². The molecule has 0 unspecified atom stereocenters. The predicted molar refractivity (Wildman–Crippen MR) is 113 cm³/mol. The Hall–Kier alpha value is -2.96. The fraction of sp³-hybridized carbons (Fsp3) is 0.0909. The van der Waals surface area contributed by atoms with Gasteiger partial charge in [-0.1, -0.05) is 29.3 Å². The number of nitrogens with one attached hydrogen (secondary N) is 1. The lowest BCUT2D eigenvalue weighted by Gasteiger charge is -2.23. The predicted octanol–water partition coefficient (Wildman–Crippen LogP) is 5.55. The molecule has 3 aromatic rings. The number of amides is 2. The Balaban J connectivity index is 1.84. The molecule has 0 aromatic heterocycles. The van der Waals surface area contributed by atoms with Crippen LogP contribution in [0.2, 0.25) is 10.0 Å². The van der Waals surface area contributed by atoms with E-state index in [2.05, 4.69) is 5.32 Å². The topological polar surface area (TPSA) is 49.4 Å². The van der Waals surface area contributed by atoms with Crippen molar-refractivity contribution in [3.8, 4) is 0 Å². The van der Waals surface area contributed by atoms with Gasteiger partial charge in [0.2, 0.25) is 5.91 Å². The number of nitrogens with zero attached hydrogens (tertiary/aromatic N) is 1. The molecular formula is C22H16Cl2F2N2O2. The van der Waals surface area contributed by atoms with Gasteiger partial charge in [0.1, 0.15) is 18.2 Å². The number of rotatable bonds is 6. The lowest BCUT2D eigenvalue weighted by atomic mass is 10.1. The largest absolute Gasteiger partial charge is 0.325 e. The van der Waals surface area contributed by atoms with E-state index in [0.717, 1.165) is 23.1 Å². The molecule has 3 rings (SSSR count). The molecular weight excluding hydrogens is 433 g/mol. The zero-order valence-corrected chi connectivity index (χ0v) is 17.1. The van der Waals surface area contributed by atoms with Gasteiger partial charge in [0.25, 0.3) is 5.91 Å². The van der Waals surface area contributed by atoms with Crippen LogP contribution in [0.3, 0.4) is 0 Å². The number of benzene rings is 3. The molecule has 8 heteroatoms. The molecule has 0 saturated heterocycles. The monoisotopic (exact) mass is 448 g/mol. The number of halogens is 4. The maximum Gasteiger partial charge on any atom is 0.254 e. The smallest absolute Gasteiger partial charge is 0.254 e. The maximum absolute atomic E-state index is 14.1. The summed E-state index contributed by atoms with van der Waals surface area (Å²) >= 11 is 11.8. The van der Waals surface area contributed by atoms with E-state index in [1.165, 1.54) is 24.3 Å². The van der Waals surface area contributed by atoms with Crippen LogP contribution in [0.15, 0.2) is 66.7 Å². The lowest BCUT2D eigenvalue weighted by molar-refractivity contribution is -0.117. The first-order valence-corrected chi connectivity index (χ1v) is 9.61. The summed E-state index contributed by atoms with van der Waals surface area (Å²) in [6.45, 7) is -0.683. The Morgan fingerprint density at radius 1 is 0.900 bits per heavy atom. The van der Waals surface area contributed by atoms with Crippen molar-refractivity contribution in [2.75, 3.05) is 11.9 Å². The second-order valence-electron chi connectivity index (χ2n) is 6.46. The highest BCUT2D eigenvalue weighted by molar-refractivity contribution is 6.31. The fourth-order valence-corrected chi connectivity index (χ4v) is 3.10. The summed E-state index contributed by atoms with van der Waals surface area (Å²) in [7, 11) is 0. The van der Waals surface area contributed by atoms with E-state index in [1.54, 1.807) is 24.3 Å². The van der Waals surface area contributed by atoms with Crippen molar-refractivity contribution < 1.29 is 18.4 Å². The zero-order chi connectivity index (χ0) is 21.7. The summed E-state index contributed by atoms with van der Waals surface area (Å²) < 4.78 is 27.7. The van der Waals surface area contributed by atoms with Crippen LogP contribution in [0.25, 0.3) is 0 Å². The second-order valence-corrected chi connectivity index (χ2v) is 7.34. The highest BCUT2D eigenvalue weighted by Gasteiger charge is 2.21. The number of hydrogen-bond acceptors (Lipinski definition) is 2. The van der Waals surface area contributed by atoms with E-state index in [-0.39, 0.29) is 24.2 Å². The number of carbonyl (C=O) groups is 2. The molecule has 0 fully saturated rings. The van der Waals surface area contributed by atoms with E-state index >= 15 is 0 Å². The van der Waals surface area contributed by atoms with Crippen molar-refractivity contribution in [1.29, 1.82) is 0 Å². The number of carbonyl (C=O) groups excluding carboxylic acids is 2. The van der Waals surface area contributed by atoms with Gasteiger partial charge in [-0.05, 0) is 60.7 Å². The zero-order valence-electron chi connectivity index (χ0n) is 15.5. The average molecular weight is 449 g/mol. The van der Waals surface area contributed by atoms with Crippen molar-refractivity contribution in [2.45, 2.75) is 6.54 Å². The van der Waals surface area contributed by atoms with Gasteiger partial charge in [0.05, 0.1) is 0 Å². The highest BCUT2D eigenvalue weighted by Crippen LogP contribution is 2.18. The molecule has 0 heterocycles. The van der Waals surface area contributed by atoms with Crippen LogP contribution in [0, 0.1) is 11.6 Å². The van der Waals surface area contributed by atoms with E-state index in [4.69, 9.17) is 23.2 Å². The first-order chi connectivity index (χ1) is 14.3. The van der Waals surface area contributed by atoms with Crippen molar-refractivity contribution in [3.63, 3.8) is 0 Å². The van der Waals surface area contributed by atoms with Crippen molar-refractivity contribution in [2.24, 2.45) is 0 Å². The minimum absolute atomic E-state index is 0.0483. The SMILES string of the molecule is O=C(CN(Cc1cc(F)ccc1F)C(=O)c1ccc(Cl)cc1)Nc1cccc(Cl)c1. The van der Waals surface area contributed by atoms with Crippen LogP contribution >= 0.6 is 23.2 Å². The molecule has 4 nitrogen and oxygen atoms in total. The van der Waals surface area contributed by atoms with Gasteiger partial charge in [-0.2, -0.15) is 0 Å². The Morgan fingerprint density at radius 3 is 2.33 bits per heavy atom. The summed E-state index contributed by atoms with van der Waals surface area (Å²) in [5, 5.41) is 3.51. The molecule has 0 atom stereocenters. The van der Waals surface area contributed by atoms with Gasteiger partial charge in [-0.15, -0.1) is 0 Å². The van der Waals surface area contributed by atoms with Crippen LogP contribution in [0.1, 0.15) is 15.9 Å². The van der Waals surface area contributed by atoms with Crippen molar-refractivity contribution in [1.82, 2.24) is 4.90 Å². The van der Waals surface area contributed by atoms with Crippen LogP contribution in [0.5, 0.6) is 0 Å². The molecule has 0 radical (unpaired) electrons. The van der Waals surface area contributed by atoms with Crippen molar-refractivity contribution in [3.05, 3.63) is 99.5 Å². The summed E-state index contributed by atoms with van der Waals surface area (Å²) in [5.41, 5.74) is 0.656. The molecule has 30 heavy (non-hydrogen) atoms. The van der Waals surface area contributed by atoms with E-state index in [0.29, 0.717) is 15.7 Å². The number of anilines is 1. The summed E-state index contributed by atoms with van der Waals surface area (Å²) in [5.74, 6) is -2.37. The Morgan fingerprint density at radius 2 is 1.63 bits per heavy atom. The van der Waals surface area contributed by atoms with Crippen LogP contribution < -0.4 is 5.32 Å². The average Bonchev–Trinajstić information content (AvgIpc) is 2.70. The molecule has 1 N–H and O–H groups in total. The fourth-order valence-electron chi connectivity index (χ4n) is 2.78. The third-order valence-electron chi connectivity index (χ3n) is 4.19. The molecule has 0 spiro atoms. The standard InChI is InChI=1S/C22H16Cl2F2N2O2/c23-16-6-4-14(5-7-16)22(30)28(12-15-10-18(25)8-9-20(15)26)13-21(29)27-19-3-1-2-17(24)11-19/h1-11H,12-13H2,(H,27,29). The van der Waals surface area contributed by atoms with Crippen molar-refractivity contribution >= 4 is 40.7 Å². The van der Waals surface area contributed by atoms with Crippen LogP contribution in [-0.4, -0.2) is 23.3 Å². The molecule has 3 aromatic carbocycles. The van der Waals surface area contributed by atoms with Gasteiger partial charge in [0.15, 0.2) is 0 Å². The molecule has 0 aliphatic rings. The molecule has 154 valence electrons. The van der Waals surface area contributed by atoms with E-state index in [1.807, 2.05) is 0 Å². The van der Waals surface area contributed by atoms with Gasteiger partial charge < -0.3 is 10.2 Å². The highest BCUT2D eigenvalue weighted by atomic mass is 35.5. The minimum atomic E-state index is -0.680. The van der Waals surface area contributed by atoms with E-state index in [9.17, 15) is 18.4 Å². The Labute approximate surface area is 182 Å². The maximum atomic E-state index is 14.1. The second kappa shape index (κ2) is 9.69. The third-order valence-corrected chi connectivity index (χ3v) is 4.68. The molecule has 0 aliphatic heterocycles. The Bertz CT molecular complexity index is 1070. The summed E-state index contributed by atoms with van der Waals surface area (Å²) in [6.07, 6.45) is 0. The quantitative estimate of drug-likeness (QED) is 0.537. The van der Waals surface area contributed by atoms with Gasteiger partial charge >= 0.3 is 0 Å². The van der Waals surface area contributed by atoms with Crippen LogP contribution in [0.4, 0.5) is 14.5 Å². The summed E-state index contributed by atoms with van der Waals surface area (Å²) in [4.78, 5) is 26.6. The normalized spacial score (nSPS) is 10.5. The molecule has 0 saturated carbocycles. The number of hydrogen-bond donors (Lipinski definition) is 1. The lowest BCUT2D eigenvalue weighted by Crippen LogP contribution is -2.37. The first-order valence-electron chi connectivity index (χ1n) is 8.86. The summed E-state index contributed by atoms with van der Waals surface area (Å²) in [6, 6.07) is 15.5. The first kappa shape index (κ1) is 21.7. The van der Waals surface area contributed by atoms with Gasteiger partial charge in [-0.25, -0.2) is 8.78 Å².